The summed E-state index contributed by atoms with van der Waals surface area (Å²) >= 11 is 0. The summed E-state index contributed by atoms with van der Waals surface area (Å²) < 4.78 is 28.3. The van der Waals surface area contributed by atoms with E-state index in [9.17, 15) is 8.42 Å². The van der Waals surface area contributed by atoms with Crippen molar-refractivity contribution in [3.8, 4) is 0 Å². The third-order valence-electron chi connectivity index (χ3n) is 2.57. The summed E-state index contributed by atoms with van der Waals surface area (Å²) in [6.45, 7) is 6.92. The van der Waals surface area contributed by atoms with Gasteiger partial charge in [0.25, 0.3) is 10.2 Å². The van der Waals surface area contributed by atoms with Crippen LogP contribution in [-0.4, -0.2) is 43.6 Å². The third kappa shape index (κ3) is 6.35. The lowest BCUT2D eigenvalue weighted by Crippen LogP contribution is -2.46. The first-order valence-corrected chi connectivity index (χ1v) is 7.84. The van der Waals surface area contributed by atoms with Gasteiger partial charge in [-0.1, -0.05) is 20.8 Å². The van der Waals surface area contributed by atoms with Gasteiger partial charge in [0.05, 0.1) is 0 Å². The molecule has 1 atom stereocenters. The molecule has 0 saturated heterocycles. The quantitative estimate of drug-likeness (QED) is 0.622. The van der Waals surface area contributed by atoms with Crippen molar-refractivity contribution in [1.82, 2.24) is 9.03 Å². The molecule has 1 unspecified atom stereocenters. The second-order valence-corrected chi connectivity index (χ2v) is 5.84. The molecule has 0 aliphatic rings. The highest BCUT2D eigenvalue weighted by Crippen LogP contribution is 2.06. The van der Waals surface area contributed by atoms with Crippen molar-refractivity contribution in [2.24, 2.45) is 0 Å². The molecule has 0 aliphatic carbocycles. The van der Waals surface area contributed by atoms with Crippen LogP contribution in [0.5, 0.6) is 0 Å². The summed E-state index contributed by atoms with van der Waals surface area (Å²) in [6.07, 6.45) is 2.75. The molecule has 0 saturated carbocycles. The van der Waals surface area contributed by atoms with E-state index in [1.807, 2.05) is 20.8 Å². The highest BCUT2D eigenvalue weighted by atomic mass is 32.2. The molecule has 0 amide bonds. The van der Waals surface area contributed by atoms with Gasteiger partial charge in [0.1, 0.15) is 0 Å². The fourth-order valence-electron chi connectivity index (χ4n) is 1.64. The maximum Gasteiger partial charge on any atom is 0.279 e. The Labute approximate surface area is 105 Å². The van der Waals surface area contributed by atoms with Crippen LogP contribution in [-0.2, 0) is 10.2 Å². The van der Waals surface area contributed by atoms with E-state index in [2.05, 4.69) is 4.72 Å². The number of nitrogens with one attached hydrogen (secondary N) is 1. The molecule has 5 nitrogen and oxygen atoms in total. The van der Waals surface area contributed by atoms with Crippen LogP contribution in [0.15, 0.2) is 0 Å². The zero-order valence-electron chi connectivity index (χ0n) is 11.1. The van der Waals surface area contributed by atoms with E-state index in [4.69, 9.17) is 5.11 Å². The fraction of sp³-hybridized carbons (Fsp3) is 1.00. The summed E-state index contributed by atoms with van der Waals surface area (Å²) in [7, 11) is -3.41. The van der Waals surface area contributed by atoms with E-state index >= 15 is 0 Å². The maximum atomic E-state index is 12.1. The average Bonchev–Trinajstić information content (AvgIpc) is 2.28. The molecule has 0 aromatic rings. The third-order valence-corrected chi connectivity index (χ3v) is 4.25. The van der Waals surface area contributed by atoms with Crippen molar-refractivity contribution >= 4 is 10.2 Å². The summed E-state index contributed by atoms with van der Waals surface area (Å²) in [4.78, 5) is 0. The Morgan fingerprint density at radius 3 is 2.06 bits per heavy atom. The lowest BCUT2D eigenvalue weighted by Gasteiger charge is -2.24. The van der Waals surface area contributed by atoms with Crippen molar-refractivity contribution < 1.29 is 13.5 Å². The summed E-state index contributed by atoms with van der Waals surface area (Å²) in [5, 5.41) is 8.86. The minimum Gasteiger partial charge on any atom is -0.396 e. The first kappa shape index (κ1) is 16.8. The predicted octanol–water partition coefficient (Wildman–Crippen LogP) is 1.10. The smallest absolute Gasteiger partial charge is 0.279 e. The van der Waals surface area contributed by atoms with E-state index in [-0.39, 0.29) is 12.6 Å². The van der Waals surface area contributed by atoms with E-state index < -0.39 is 10.2 Å². The van der Waals surface area contributed by atoms with Gasteiger partial charge in [0, 0.05) is 25.7 Å². The molecule has 0 fully saturated rings. The lowest BCUT2D eigenvalue weighted by atomic mass is 10.2. The minimum atomic E-state index is -3.41. The predicted molar refractivity (Wildman–Crippen MR) is 70.0 cm³/mol. The Bertz CT molecular complexity index is 274. The van der Waals surface area contributed by atoms with Crippen LogP contribution in [0.25, 0.3) is 0 Å². The Morgan fingerprint density at radius 2 is 1.71 bits per heavy atom. The zero-order valence-corrected chi connectivity index (χ0v) is 12.0. The zero-order chi connectivity index (χ0) is 13.3. The highest BCUT2D eigenvalue weighted by molar-refractivity contribution is 7.87. The van der Waals surface area contributed by atoms with Crippen LogP contribution in [0.4, 0.5) is 0 Å². The monoisotopic (exact) mass is 266 g/mol. The topological polar surface area (TPSA) is 69.6 Å². The second kappa shape index (κ2) is 8.85. The van der Waals surface area contributed by atoms with Gasteiger partial charge in [-0.05, 0) is 25.7 Å². The number of hydrogen-bond donors (Lipinski definition) is 2. The Balaban J connectivity index is 4.59. The summed E-state index contributed by atoms with van der Waals surface area (Å²) in [5.41, 5.74) is 0. The second-order valence-electron chi connectivity index (χ2n) is 4.14. The van der Waals surface area contributed by atoms with E-state index in [0.29, 0.717) is 25.9 Å². The molecular weight excluding hydrogens is 240 g/mol. The van der Waals surface area contributed by atoms with Gasteiger partial charge < -0.3 is 5.11 Å². The van der Waals surface area contributed by atoms with E-state index in [0.717, 1.165) is 12.8 Å². The number of hydrogen-bond acceptors (Lipinski definition) is 3. The van der Waals surface area contributed by atoms with Crippen LogP contribution in [0.1, 0.15) is 46.5 Å². The van der Waals surface area contributed by atoms with Gasteiger partial charge >= 0.3 is 0 Å². The summed E-state index contributed by atoms with van der Waals surface area (Å²) in [6, 6.07) is -0.179. The Kier molecular flexibility index (Phi) is 8.77. The van der Waals surface area contributed by atoms with Crippen LogP contribution in [0.3, 0.4) is 0 Å². The van der Waals surface area contributed by atoms with Gasteiger partial charge in [-0.15, -0.1) is 0 Å². The molecule has 0 heterocycles. The van der Waals surface area contributed by atoms with E-state index in [1.165, 1.54) is 4.31 Å². The van der Waals surface area contributed by atoms with Gasteiger partial charge in [-0.3, -0.25) is 0 Å². The van der Waals surface area contributed by atoms with Gasteiger partial charge in [0.2, 0.25) is 0 Å². The van der Waals surface area contributed by atoms with Gasteiger partial charge in [0.15, 0.2) is 0 Å². The lowest BCUT2D eigenvalue weighted by molar-refractivity contribution is 0.268. The molecule has 0 radical (unpaired) electrons. The molecule has 0 spiro atoms. The van der Waals surface area contributed by atoms with Crippen molar-refractivity contribution in [1.29, 1.82) is 0 Å². The van der Waals surface area contributed by atoms with Gasteiger partial charge in [-0.2, -0.15) is 17.4 Å². The molecular formula is C11H26N2O3S. The van der Waals surface area contributed by atoms with Crippen molar-refractivity contribution in [2.45, 2.75) is 52.5 Å². The SMILES string of the molecule is CCCN(CCC)S(=O)(=O)NC(CC)CCO. The van der Waals surface area contributed by atoms with Crippen molar-refractivity contribution in [3.63, 3.8) is 0 Å². The number of aliphatic hydroxyl groups excluding tert-OH is 1. The van der Waals surface area contributed by atoms with Crippen molar-refractivity contribution in [2.75, 3.05) is 19.7 Å². The molecule has 104 valence electrons. The Hall–Kier alpha value is -0.170. The molecule has 0 bridgehead atoms. The fourth-order valence-corrected chi connectivity index (χ4v) is 3.34. The van der Waals surface area contributed by atoms with Crippen LogP contribution < -0.4 is 4.72 Å². The Morgan fingerprint density at radius 1 is 1.18 bits per heavy atom. The largest absolute Gasteiger partial charge is 0.396 e. The number of nitrogens with zero attached hydrogens (tertiary/aromatic N) is 1. The first-order chi connectivity index (χ1) is 8.01. The average molecular weight is 266 g/mol. The summed E-state index contributed by atoms with van der Waals surface area (Å²) in [5.74, 6) is 0. The molecule has 17 heavy (non-hydrogen) atoms. The standard InChI is InChI=1S/C11H26N2O3S/c1-4-8-13(9-5-2)17(15,16)12-11(6-3)7-10-14/h11-12,14H,4-10H2,1-3H3. The van der Waals surface area contributed by atoms with Crippen LogP contribution in [0, 0.1) is 0 Å². The van der Waals surface area contributed by atoms with Gasteiger partial charge in [-0.25, -0.2) is 0 Å². The molecule has 2 N–H and O–H groups in total. The maximum absolute atomic E-state index is 12.1. The van der Waals surface area contributed by atoms with Crippen LogP contribution >= 0.6 is 0 Å². The first-order valence-electron chi connectivity index (χ1n) is 6.40. The molecule has 0 aromatic carbocycles. The number of rotatable bonds is 10. The molecule has 0 aliphatic heterocycles. The molecule has 0 rings (SSSR count). The highest BCUT2D eigenvalue weighted by Gasteiger charge is 2.23. The molecule has 6 heteroatoms. The molecule has 0 aromatic heterocycles. The normalized spacial score (nSPS) is 14.2. The van der Waals surface area contributed by atoms with E-state index in [1.54, 1.807) is 0 Å². The van der Waals surface area contributed by atoms with Crippen molar-refractivity contribution in [3.05, 3.63) is 0 Å². The number of aliphatic hydroxyl groups is 1. The van der Waals surface area contributed by atoms with Crippen LogP contribution in [0.2, 0.25) is 0 Å². The minimum absolute atomic E-state index is 0.00256.